The summed E-state index contributed by atoms with van der Waals surface area (Å²) >= 11 is 0. The number of amides is 1. The molecule has 1 heterocycles. The predicted octanol–water partition coefficient (Wildman–Crippen LogP) is 0.940. The van der Waals surface area contributed by atoms with Gasteiger partial charge in [-0.25, -0.2) is 4.79 Å². The van der Waals surface area contributed by atoms with Crippen LogP contribution in [0.4, 0.5) is 0 Å². The number of carbonyl (C=O) groups is 2. The number of ether oxygens (including phenoxy) is 2. The molecule has 6 nitrogen and oxygen atoms in total. The molecular weight excluding hydrogens is 250 g/mol. The zero-order chi connectivity index (χ0) is 14.5. The van der Waals surface area contributed by atoms with Crippen molar-refractivity contribution < 1.29 is 24.2 Å². The topological polar surface area (TPSA) is 84.9 Å². The summed E-state index contributed by atoms with van der Waals surface area (Å²) in [6, 6.07) is -0.931. The number of carboxylic acids is 1. The third-order valence-electron chi connectivity index (χ3n) is 2.78. The molecule has 2 atom stereocenters. The molecule has 1 rings (SSSR count). The molecular formula is C13H23NO5. The van der Waals surface area contributed by atoms with Gasteiger partial charge in [-0.15, -0.1) is 0 Å². The Morgan fingerprint density at radius 2 is 2.16 bits per heavy atom. The Hall–Kier alpha value is -1.14. The van der Waals surface area contributed by atoms with Crippen LogP contribution in [-0.4, -0.2) is 47.9 Å². The van der Waals surface area contributed by atoms with Gasteiger partial charge < -0.3 is 19.9 Å². The summed E-state index contributed by atoms with van der Waals surface area (Å²) in [6.45, 7) is 6.53. The van der Waals surface area contributed by atoms with Crippen LogP contribution in [0, 0.1) is 0 Å². The van der Waals surface area contributed by atoms with Crippen LogP contribution in [0.3, 0.4) is 0 Å². The van der Waals surface area contributed by atoms with E-state index in [4.69, 9.17) is 14.6 Å². The lowest BCUT2D eigenvalue weighted by Gasteiger charge is -2.22. The van der Waals surface area contributed by atoms with Crippen molar-refractivity contribution in [1.29, 1.82) is 0 Å². The fourth-order valence-electron chi connectivity index (χ4n) is 1.79. The average Bonchev–Trinajstić information content (AvgIpc) is 2.78. The van der Waals surface area contributed by atoms with Crippen LogP contribution in [0.15, 0.2) is 0 Å². The number of hydrogen-bond acceptors (Lipinski definition) is 4. The van der Waals surface area contributed by atoms with Gasteiger partial charge in [0.15, 0.2) is 0 Å². The summed E-state index contributed by atoms with van der Waals surface area (Å²) < 4.78 is 10.7. The van der Waals surface area contributed by atoms with Crippen LogP contribution >= 0.6 is 0 Å². The van der Waals surface area contributed by atoms with E-state index in [0.717, 1.165) is 6.42 Å². The molecule has 1 aliphatic heterocycles. The highest BCUT2D eigenvalue weighted by Crippen LogP contribution is 2.13. The van der Waals surface area contributed by atoms with Gasteiger partial charge in [0.2, 0.25) is 5.91 Å². The number of hydrogen-bond donors (Lipinski definition) is 2. The number of nitrogens with one attached hydrogen (secondary N) is 1. The van der Waals surface area contributed by atoms with E-state index in [9.17, 15) is 9.59 Å². The first-order valence-corrected chi connectivity index (χ1v) is 6.58. The molecule has 0 aliphatic carbocycles. The Morgan fingerprint density at radius 3 is 2.63 bits per heavy atom. The minimum Gasteiger partial charge on any atom is -0.480 e. The summed E-state index contributed by atoms with van der Waals surface area (Å²) in [5.41, 5.74) is -0.318. The van der Waals surface area contributed by atoms with Crippen molar-refractivity contribution >= 4 is 11.9 Å². The maximum absolute atomic E-state index is 11.8. The highest BCUT2D eigenvalue weighted by Gasteiger charge is 2.28. The van der Waals surface area contributed by atoms with Crippen LogP contribution in [0.5, 0.6) is 0 Å². The summed E-state index contributed by atoms with van der Waals surface area (Å²) in [6.07, 6.45) is 1.22. The van der Waals surface area contributed by atoms with Crippen LogP contribution in [-0.2, 0) is 19.1 Å². The molecule has 2 N–H and O–H groups in total. The van der Waals surface area contributed by atoms with E-state index in [1.165, 1.54) is 0 Å². The Kier molecular flexibility index (Phi) is 5.75. The molecule has 6 heteroatoms. The Bertz CT molecular complexity index is 317. The third kappa shape index (κ3) is 6.02. The molecule has 2 unspecified atom stereocenters. The SMILES string of the molecule is CC(C)(C)OCCC(NC(=O)C1CCCO1)C(=O)O. The fraction of sp³-hybridized carbons (Fsp3) is 0.846. The van der Waals surface area contributed by atoms with Gasteiger partial charge in [-0.3, -0.25) is 4.79 Å². The lowest BCUT2D eigenvalue weighted by Crippen LogP contribution is -2.46. The second-order valence-corrected chi connectivity index (χ2v) is 5.65. The minimum absolute atomic E-state index is 0.241. The third-order valence-corrected chi connectivity index (χ3v) is 2.78. The van der Waals surface area contributed by atoms with Crippen LogP contribution in [0.25, 0.3) is 0 Å². The van der Waals surface area contributed by atoms with Gasteiger partial charge in [-0.1, -0.05) is 0 Å². The van der Waals surface area contributed by atoms with Crippen molar-refractivity contribution in [2.45, 2.75) is 57.8 Å². The average molecular weight is 273 g/mol. The maximum Gasteiger partial charge on any atom is 0.326 e. The van der Waals surface area contributed by atoms with Gasteiger partial charge in [-0.2, -0.15) is 0 Å². The quantitative estimate of drug-likeness (QED) is 0.752. The van der Waals surface area contributed by atoms with Crippen molar-refractivity contribution in [2.24, 2.45) is 0 Å². The first kappa shape index (κ1) is 15.9. The van der Waals surface area contributed by atoms with Gasteiger partial charge in [0.25, 0.3) is 0 Å². The van der Waals surface area contributed by atoms with Crippen molar-refractivity contribution in [3.63, 3.8) is 0 Å². The molecule has 19 heavy (non-hydrogen) atoms. The molecule has 1 fully saturated rings. The van der Waals surface area contributed by atoms with Crippen molar-refractivity contribution in [3.8, 4) is 0 Å². The molecule has 0 saturated carbocycles. The highest BCUT2D eigenvalue weighted by molar-refractivity contribution is 5.86. The number of carboxylic acid groups (broad SMARTS) is 1. The largest absolute Gasteiger partial charge is 0.480 e. The van der Waals surface area contributed by atoms with Crippen LogP contribution in [0.2, 0.25) is 0 Å². The summed E-state index contributed by atoms with van der Waals surface area (Å²) in [4.78, 5) is 22.9. The molecule has 0 aromatic rings. The Balaban J connectivity index is 2.39. The highest BCUT2D eigenvalue weighted by atomic mass is 16.5. The van der Waals surface area contributed by atoms with Crippen molar-refractivity contribution in [1.82, 2.24) is 5.32 Å². The Morgan fingerprint density at radius 1 is 1.47 bits per heavy atom. The van der Waals surface area contributed by atoms with E-state index < -0.39 is 18.1 Å². The number of aliphatic carboxylic acids is 1. The molecule has 0 aromatic carbocycles. The normalized spacial score (nSPS) is 21.1. The lowest BCUT2D eigenvalue weighted by molar-refractivity contribution is -0.144. The Labute approximate surface area is 113 Å². The van der Waals surface area contributed by atoms with Gasteiger partial charge >= 0.3 is 5.97 Å². The van der Waals surface area contributed by atoms with Gasteiger partial charge in [0, 0.05) is 19.6 Å². The molecule has 1 amide bonds. The smallest absolute Gasteiger partial charge is 0.326 e. The van der Waals surface area contributed by atoms with E-state index >= 15 is 0 Å². The summed E-state index contributed by atoms with van der Waals surface area (Å²) in [7, 11) is 0. The molecule has 0 spiro atoms. The fourth-order valence-corrected chi connectivity index (χ4v) is 1.79. The molecule has 0 radical (unpaired) electrons. The standard InChI is InChI=1S/C13H23NO5/c1-13(2,3)19-8-6-9(12(16)17)14-11(15)10-5-4-7-18-10/h9-10H,4-8H2,1-3H3,(H,14,15)(H,16,17). The lowest BCUT2D eigenvalue weighted by atomic mass is 10.1. The maximum atomic E-state index is 11.8. The summed E-state index contributed by atoms with van der Waals surface area (Å²) in [5, 5.41) is 11.6. The van der Waals surface area contributed by atoms with Gasteiger partial charge in [0.05, 0.1) is 5.60 Å². The van der Waals surface area contributed by atoms with E-state index in [0.29, 0.717) is 13.0 Å². The molecule has 1 saturated heterocycles. The van der Waals surface area contributed by atoms with Gasteiger partial charge in [0.1, 0.15) is 12.1 Å². The number of rotatable bonds is 6. The monoisotopic (exact) mass is 273 g/mol. The zero-order valence-electron chi connectivity index (χ0n) is 11.8. The van der Waals surface area contributed by atoms with Crippen LogP contribution in [0.1, 0.15) is 40.0 Å². The number of carbonyl (C=O) groups excluding carboxylic acids is 1. The molecule has 0 bridgehead atoms. The van der Waals surface area contributed by atoms with Gasteiger partial charge in [-0.05, 0) is 33.6 Å². The molecule has 110 valence electrons. The van der Waals surface area contributed by atoms with Crippen molar-refractivity contribution in [2.75, 3.05) is 13.2 Å². The predicted molar refractivity (Wildman–Crippen MR) is 68.9 cm³/mol. The zero-order valence-corrected chi connectivity index (χ0v) is 11.8. The summed E-state index contributed by atoms with van der Waals surface area (Å²) in [5.74, 6) is -1.40. The second kappa shape index (κ2) is 6.86. The van der Waals surface area contributed by atoms with E-state index in [2.05, 4.69) is 5.32 Å². The molecule has 0 aromatic heterocycles. The van der Waals surface area contributed by atoms with E-state index in [-0.39, 0.29) is 24.5 Å². The molecule has 1 aliphatic rings. The van der Waals surface area contributed by atoms with Crippen molar-refractivity contribution in [3.05, 3.63) is 0 Å². The van der Waals surface area contributed by atoms with Crippen LogP contribution < -0.4 is 5.32 Å². The second-order valence-electron chi connectivity index (χ2n) is 5.65. The first-order valence-electron chi connectivity index (χ1n) is 6.58. The van der Waals surface area contributed by atoms with E-state index in [1.807, 2.05) is 20.8 Å². The first-order chi connectivity index (χ1) is 8.79. The minimum atomic E-state index is -1.05. The van der Waals surface area contributed by atoms with E-state index in [1.54, 1.807) is 0 Å².